The van der Waals surface area contributed by atoms with Crippen LogP contribution in [-0.4, -0.2) is 36.0 Å². The Morgan fingerprint density at radius 3 is 2.72 bits per heavy atom. The first kappa shape index (κ1) is 20.8. The topological polar surface area (TPSA) is 61.4 Å². The molecule has 0 aromatic heterocycles. The van der Waals surface area contributed by atoms with E-state index < -0.39 is 0 Å². The maximum Gasteiger partial charge on any atom is 0.317 e. The molecule has 1 heterocycles. The van der Waals surface area contributed by atoms with Gasteiger partial charge in [-0.3, -0.25) is 4.79 Å². The van der Waals surface area contributed by atoms with Crippen molar-refractivity contribution in [2.45, 2.75) is 45.6 Å². The van der Waals surface area contributed by atoms with Crippen LogP contribution in [-0.2, 0) is 0 Å². The second kappa shape index (κ2) is 9.07. The van der Waals surface area contributed by atoms with Gasteiger partial charge in [0.25, 0.3) is 5.91 Å². The van der Waals surface area contributed by atoms with E-state index in [2.05, 4.69) is 10.6 Å². The lowest BCUT2D eigenvalue weighted by atomic mass is 9.89. The lowest BCUT2D eigenvalue weighted by Crippen LogP contribution is -2.47. The molecular formula is C23H28FN3O2. The van der Waals surface area contributed by atoms with Crippen LogP contribution in [0.4, 0.5) is 14.9 Å². The van der Waals surface area contributed by atoms with Gasteiger partial charge in [-0.1, -0.05) is 18.2 Å². The van der Waals surface area contributed by atoms with Crippen molar-refractivity contribution in [3.63, 3.8) is 0 Å². The van der Waals surface area contributed by atoms with E-state index in [1.54, 1.807) is 12.1 Å². The first-order valence-electron chi connectivity index (χ1n) is 10.1. The summed E-state index contributed by atoms with van der Waals surface area (Å²) >= 11 is 0. The third-order valence-corrected chi connectivity index (χ3v) is 5.19. The van der Waals surface area contributed by atoms with E-state index in [1.807, 2.05) is 43.9 Å². The summed E-state index contributed by atoms with van der Waals surface area (Å²) in [6.07, 6.45) is 1.90. The van der Waals surface area contributed by atoms with Gasteiger partial charge in [-0.2, -0.15) is 0 Å². The second-order valence-electron chi connectivity index (χ2n) is 7.93. The molecule has 2 N–H and O–H groups in total. The number of amides is 3. The van der Waals surface area contributed by atoms with Crippen molar-refractivity contribution in [3.8, 4) is 0 Å². The predicted molar refractivity (Wildman–Crippen MR) is 113 cm³/mol. The van der Waals surface area contributed by atoms with E-state index >= 15 is 0 Å². The number of hydrogen-bond donors (Lipinski definition) is 2. The van der Waals surface area contributed by atoms with Crippen molar-refractivity contribution in [1.82, 2.24) is 10.2 Å². The molecule has 5 nitrogen and oxygen atoms in total. The maximum absolute atomic E-state index is 13.5. The van der Waals surface area contributed by atoms with Crippen molar-refractivity contribution in [3.05, 3.63) is 65.0 Å². The smallest absolute Gasteiger partial charge is 0.317 e. The van der Waals surface area contributed by atoms with Gasteiger partial charge in [-0.25, -0.2) is 9.18 Å². The van der Waals surface area contributed by atoms with Crippen LogP contribution < -0.4 is 10.6 Å². The largest absolute Gasteiger partial charge is 0.336 e. The van der Waals surface area contributed by atoms with Gasteiger partial charge in [-0.15, -0.1) is 0 Å². The molecule has 154 valence electrons. The molecule has 0 radical (unpaired) electrons. The molecular weight excluding hydrogens is 369 g/mol. The number of nitrogens with zero attached hydrogens (tertiary/aromatic N) is 1. The minimum Gasteiger partial charge on any atom is -0.336 e. The maximum atomic E-state index is 13.5. The molecule has 0 saturated carbocycles. The summed E-state index contributed by atoms with van der Waals surface area (Å²) < 4.78 is 13.5. The standard InChI is InChI=1S/C23H28FN3O2/c1-15(2)25-23(29)27-11-5-8-19(14-27)17-6-4-7-18(12-17)22(28)26-21-13-20(24)10-9-16(21)3/h4,6-7,9-10,12-13,15,19H,5,8,11,14H2,1-3H3,(H,25,29)(H,26,28)/t19-/m1/s1. The highest BCUT2D eigenvalue weighted by Crippen LogP contribution is 2.28. The number of carbonyl (C=O) groups excluding carboxylic acids is 2. The summed E-state index contributed by atoms with van der Waals surface area (Å²) in [6.45, 7) is 7.09. The lowest BCUT2D eigenvalue weighted by molar-refractivity contribution is 0.102. The van der Waals surface area contributed by atoms with Crippen LogP contribution in [0.5, 0.6) is 0 Å². The average Bonchev–Trinajstić information content (AvgIpc) is 2.70. The van der Waals surface area contributed by atoms with Crippen LogP contribution in [0.2, 0.25) is 0 Å². The number of carbonyl (C=O) groups is 2. The molecule has 2 aromatic carbocycles. The van der Waals surface area contributed by atoms with Gasteiger partial charge in [0.2, 0.25) is 0 Å². The van der Waals surface area contributed by atoms with Crippen molar-refractivity contribution in [2.75, 3.05) is 18.4 Å². The van der Waals surface area contributed by atoms with Gasteiger partial charge in [0, 0.05) is 36.3 Å². The summed E-state index contributed by atoms with van der Waals surface area (Å²) in [5, 5.41) is 5.74. The summed E-state index contributed by atoms with van der Waals surface area (Å²) in [5.41, 5.74) is 2.83. The number of nitrogens with one attached hydrogen (secondary N) is 2. The number of rotatable bonds is 4. The molecule has 1 saturated heterocycles. The Kier molecular flexibility index (Phi) is 6.52. The summed E-state index contributed by atoms with van der Waals surface area (Å²) in [6, 6.07) is 11.9. The number of likely N-dealkylation sites (tertiary alicyclic amines) is 1. The summed E-state index contributed by atoms with van der Waals surface area (Å²) in [5.74, 6) is -0.474. The fraction of sp³-hybridized carbons (Fsp3) is 0.391. The highest BCUT2D eigenvalue weighted by Gasteiger charge is 2.25. The zero-order chi connectivity index (χ0) is 21.0. The van der Waals surface area contributed by atoms with E-state index in [-0.39, 0.29) is 29.7 Å². The number of piperidine rings is 1. The van der Waals surface area contributed by atoms with Crippen molar-refractivity contribution >= 4 is 17.6 Å². The number of aryl methyl sites for hydroxylation is 1. The third kappa shape index (κ3) is 5.34. The fourth-order valence-corrected chi connectivity index (χ4v) is 3.63. The minimum atomic E-state index is -0.387. The molecule has 6 heteroatoms. The van der Waals surface area contributed by atoms with Gasteiger partial charge in [0.1, 0.15) is 5.82 Å². The number of urea groups is 1. The van der Waals surface area contributed by atoms with Crippen molar-refractivity contribution < 1.29 is 14.0 Å². The Bertz CT molecular complexity index is 897. The zero-order valence-electron chi connectivity index (χ0n) is 17.2. The number of anilines is 1. The van der Waals surface area contributed by atoms with Crippen LogP contribution in [0.25, 0.3) is 0 Å². The highest BCUT2D eigenvalue weighted by atomic mass is 19.1. The Morgan fingerprint density at radius 1 is 1.17 bits per heavy atom. The van der Waals surface area contributed by atoms with Crippen LogP contribution in [0.15, 0.2) is 42.5 Å². The number of halogens is 1. The van der Waals surface area contributed by atoms with Crippen LogP contribution in [0.3, 0.4) is 0 Å². The first-order chi connectivity index (χ1) is 13.8. The molecule has 0 bridgehead atoms. The van der Waals surface area contributed by atoms with Crippen LogP contribution in [0, 0.1) is 12.7 Å². The molecule has 1 fully saturated rings. The van der Waals surface area contributed by atoms with Gasteiger partial charge >= 0.3 is 6.03 Å². The molecule has 2 aromatic rings. The van der Waals surface area contributed by atoms with E-state index in [0.29, 0.717) is 17.8 Å². The van der Waals surface area contributed by atoms with E-state index in [4.69, 9.17) is 0 Å². The van der Waals surface area contributed by atoms with Gasteiger partial charge in [-0.05, 0) is 69.0 Å². The molecule has 0 aliphatic carbocycles. The SMILES string of the molecule is Cc1ccc(F)cc1NC(=O)c1cccc([C@@H]2CCCN(C(=O)NC(C)C)C2)c1. The summed E-state index contributed by atoms with van der Waals surface area (Å²) in [4.78, 5) is 26.9. The quantitative estimate of drug-likeness (QED) is 0.787. The second-order valence-corrected chi connectivity index (χ2v) is 7.93. The molecule has 1 aliphatic rings. The Balaban J connectivity index is 1.72. The lowest BCUT2D eigenvalue weighted by Gasteiger charge is -2.33. The predicted octanol–water partition coefficient (Wildman–Crippen LogP) is 4.68. The first-order valence-corrected chi connectivity index (χ1v) is 10.1. The Morgan fingerprint density at radius 2 is 1.97 bits per heavy atom. The molecule has 29 heavy (non-hydrogen) atoms. The van der Waals surface area contributed by atoms with Crippen LogP contribution >= 0.6 is 0 Å². The monoisotopic (exact) mass is 397 g/mol. The summed E-state index contributed by atoms with van der Waals surface area (Å²) in [7, 11) is 0. The van der Waals surface area contributed by atoms with Crippen molar-refractivity contribution in [2.24, 2.45) is 0 Å². The molecule has 1 atom stereocenters. The Labute approximate surface area is 171 Å². The van der Waals surface area contributed by atoms with Crippen LogP contribution in [0.1, 0.15) is 54.1 Å². The molecule has 0 spiro atoms. The Hall–Kier alpha value is -2.89. The average molecular weight is 397 g/mol. The van der Waals surface area contributed by atoms with Gasteiger partial charge in [0.05, 0.1) is 0 Å². The normalized spacial score (nSPS) is 16.6. The third-order valence-electron chi connectivity index (χ3n) is 5.19. The van der Waals surface area contributed by atoms with E-state index in [0.717, 1.165) is 30.5 Å². The number of hydrogen-bond acceptors (Lipinski definition) is 2. The highest BCUT2D eigenvalue weighted by molar-refractivity contribution is 6.04. The fourth-order valence-electron chi connectivity index (χ4n) is 3.63. The molecule has 3 amide bonds. The zero-order valence-corrected chi connectivity index (χ0v) is 17.2. The van der Waals surface area contributed by atoms with E-state index in [9.17, 15) is 14.0 Å². The molecule has 0 unspecified atom stereocenters. The molecule has 1 aliphatic heterocycles. The van der Waals surface area contributed by atoms with Gasteiger partial charge < -0.3 is 15.5 Å². The van der Waals surface area contributed by atoms with Crippen molar-refractivity contribution in [1.29, 1.82) is 0 Å². The van der Waals surface area contributed by atoms with Gasteiger partial charge in [0.15, 0.2) is 0 Å². The van der Waals surface area contributed by atoms with E-state index in [1.165, 1.54) is 12.1 Å². The minimum absolute atomic E-state index is 0.0415. The number of benzene rings is 2. The molecule has 3 rings (SSSR count).